The molecule has 8 heteroatoms. The van der Waals surface area contributed by atoms with Crippen LogP contribution >= 0.6 is 0 Å². The molecule has 1 aliphatic rings. The summed E-state index contributed by atoms with van der Waals surface area (Å²) in [5, 5.41) is 16.8. The molecular formula is C21H19F2N3O3. The van der Waals surface area contributed by atoms with Gasteiger partial charge >= 0.3 is 6.43 Å². The zero-order valence-electron chi connectivity index (χ0n) is 15.7. The summed E-state index contributed by atoms with van der Waals surface area (Å²) in [6.07, 6.45) is -2.15. The van der Waals surface area contributed by atoms with Gasteiger partial charge in [0.1, 0.15) is 0 Å². The lowest BCUT2D eigenvalue weighted by Crippen LogP contribution is -2.47. The predicted molar refractivity (Wildman–Crippen MR) is 102 cm³/mol. The zero-order chi connectivity index (χ0) is 20.6. The van der Waals surface area contributed by atoms with Crippen LogP contribution in [0, 0.1) is 5.41 Å². The van der Waals surface area contributed by atoms with Gasteiger partial charge in [-0.1, -0.05) is 25.1 Å². The minimum atomic E-state index is -2.84. The van der Waals surface area contributed by atoms with E-state index in [2.05, 4.69) is 10.2 Å². The summed E-state index contributed by atoms with van der Waals surface area (Å²) >= 11 is 0. The van der Waals surface area contributed by atoms with Crippen molar-refractivity contribution in [2.24, 2.45) is 5.41 Å². The molecule has 0 aliphatic carbocycles. The SMILES string of the molecule is CC1(CO)Cc2ccccc2N(C(=O)c2ccc(-c3nnc(C(F)F)o3)cc2)C1. The van der Waals surface area contributed by atoms with Crippen molar-refractivity contribution in [1.82, 2.24) is 10.2 Å². The molecule has 6 nitrogen and oxygen atoms in total. The Morgan fingerprint density at radius 3 is 2.59 bits per heavy atom. The van der Waals surface area contributed by atoms with Gasteiger partial charge in [-0.25, -0.2) is 0 Å². The minimum absolute atomic E-state index is 0.0320. The van der Waals surface area contributed by atoms with E-state index in [0.717, 1.165) is 11.3 Å². The fourth-order valence-electron chi connectivity index (χ4n) is 3.54. The third-order valence-electron chi connectivity index (χ3n) is 5.07. The quantitative estimate of drug-likeness (QED) is 0.720. The highest BCUT2D eigenvalue weighted by atomic mass is 19.3. The molecule has 1 aromatic heterocycles. The normalized spacial score (nSPS) is 18.7. The molecule has 0 fully saturated rings. The maximum absolute atomic E-state index is 13.2. The number of alkyl halides is 2. The molecule has 0 saturated heterocycles. The number of para-hydroxylation sites is 1. The number of amides is 1. The van der Waals surface area contributed by atoms with E-state index in [1.807, 2.05) is 31.2 Å². The molecule has 29 heavy (non-hydrogen) atoms. The van der Waals surface area contributed by atoms with E-state index in [-0.39, 0.29) is 18.4 Å². The number of fused-ring (bicyclic) bond motifs is 1. The Hall–Kier alpha value is -3.13. The number of rotatable bonds is 4. The number of benzene rings is 2. The first kappa shape index (κ1) is 19.2. The third-order valence-corrected chi connectivity index (χ3v) is 5.07. The highest BCUT2D eigenvalue weighted by Crippen LogP contribution is 2.37. The molecule has 4 rings (SSSR count). The van der Waals surface area contributed by atoms with E-state index in [0.29, 0.717) is 24.1 Å². The van der Waals surface area contributed by atoms with E-state index < -0.39 is 17.7 Å². The molecule has 0 radical (unpaired) electrons. The number of hydrogen-bond donors (Lipinski definition) is 1. The highest BCUT2D eigenvalue weighted by Gasteiger charge is 2.36. The number of aromatic nitrogens is 2. The summed E-state index contributed by atoms with van der Waals surface area (Å²) in [4.78, 5) is 14.9. The molecule has 1 amide bonds. The molecule has 150 valence electrons. The summed E-state index contributed by atoms with van der Waals surface area (Å²) in [7, 11) is 0. The number of aliphatic hydroxyl groups is 1. The van der Waals surface area contributed by atoms with Crippen molar-refractivity contribution in [2.45, 2.75) is 19.8 Å². The molecule has 2 heterocycles. The van der Waals surface area contributed by atoms with E-state index in [9.17, 15) is 18.7 Å². The van der Waals surface area contributed by atoms with E-state index >= 15 is 0 Å². The van der Waals surface area contributed by atoms with Crippen LogP contribution in [0.1, 0.15) is 35.2 Å². The average molecular weight is 399 g/mol. The lowest BCUT2D eigenvalue weighted by molar-refractivity contribution is 0.0937. The number of carbonyl (C=O) groups is 1. The van der Waals surface area contributed by atoms with E-state index in [1.54, 1.807) is 29.2 Å². The fraction of sp³-hybridized carbons (Fsp3) is 0.286. The number of hydrogen-bond acceptors (Lipinski definition) is 5. The maximum Gasteiger partial charge on any atom is 0.314 e. The molecular weight excluding hydrogens is 380 g/mol. The van der Waals surface area contributed by atoms with Gasteiger partial charge in [-0.2, -0.15) is 8.78 Å². The Morgan fingerprint density at radius 1 is 1.21 bits per heavy atom. The number of anilines is 1. The molecule has 2 aromatic carbocycles. The van der Waals surface area contributed by atoms with Crippen molar-refractivity contribution in [2.75, 3.05) is 18.1 Å². The van der Waals surface area contributed by atoms with Crippen LogP contribution in [0.25, 0.3) is 11.5 Å². The molecule has 1 aliphatic heterocycles. The van der Waals surface area contributed by atoms with Crippen LogP contribution in [-0.4, -0.2) is 34.4 Å². The van der Waals surface area contributed by atoms with Gasteiger partial charge in [0.15, 0.2) is 0 Å². The van der Waals surface area contributed by atoms with Gasteiger partial charge < -0.3 is 14.4 Å². The van der Waals surface area contributed by atoms with Gasteiger partial charge in [0.05, 0.1) is 6.61 Å². The van der Waals surface area contributed by atoms with Gasteiger partial charge in [-0.3, -0.25) is 4.79 Å². The maximum atomic E-state index is 13.2. The van der Waals surface area contributed by atoms with Crippen molar-refractivity contribution in [1.29, 1.82) is 0 Å². The summed E-state index contributed by atoms with van der Waals surface area (Å²) < 4.78 is 30.2. The highest BCUT2D eigenvalue weighted by molar-refractivity contribution is 6.07. The number of aliphatic hydroxyl groups excluding tert-OH is 1. The number of carbonyl (C=O) groups excluding carboxylic acids is 1. The summed E-state index contributed by atoms with van der Waals surface area (Å²) in [5.41, 5.74) is 2.27. The van der Waals surface area contributed by atoms with Crippen LogP contribution in [-0.2, 0) is 6.42 Å². The van der Waals surface area contributed by atoms with Crippen molar-refractivity contribution in [3.05, 3.63) is 65.5 Å². The second kappa shape index (κ2) is 7.36. The van der Waals surface area contributed by atoms with Crippen LogP contribution in [0.5, 0.6) is 0 Å². The first-order valence-corrected chi connectivity index (χ1v) is 9.13. The number of nitrogens with zero attached hydrogens (tertiary/aromatic N) is 3. The molecule has 1 N–H and O–H groups in total. The topological polar surface area (TPSA) is 79.5 Å². The van der Waals surface area contributed by atoms with Crippen molar-refractivity contribution < 1.29 is 23.1 Å². The fourth-order valence-corrected chi connectivity index (χ4v) is 3.54. The average Bonchev–Trinajstić information content (AvgIpc) is 3.23. The Balaban J connectivity index is 1.62. The van der Waals surface area contributed by atoms with Crippen LogP contribution in [0.2, 0.25) is 0 Å². The predicted octanol–water partition coefficient (Wildman–Crippen LogP) is 3.88. The first-order chi connectivity index (χ1) is 13.9. The zero-order valence-corrected chi connectivity index (χ0v) is 15.7. The standard InChI is InChI=1S/C21H19F2N3O3/c1-21(12-27)10-15-4-2-3-5-16(15)26(11-21)20(28)14-8-6-13(7-9-14)18-24-25-19(29-18)17(22)23/h2-9,17,27H,10-12H2,1H3. The first-order valence-electron chi connectivity index (χ1n) is 9.13. The lowest BCUT2D eigenvalue weighted by atomic mass is 9.80. The van der Waals surface area contributed by atoms with Gasteiger partial charge in [-0.15, -0.1) is 10.2 Å². The second-order valence-corrected chi connectivity index (χ2v) is 7.49. The molecule has 0 bridgehead atoms. The smallest absolute Gasteiger partial charge is 0.314 e. The summed E-state index contributed by atoms with van der Waals surface area (Å²) in [5.74, 6) is -0.981. The van der Waals surface area contributed by atoms with E-state index in [1.165, 1.54) is 0 Å². The largest absolute Gasteiger partial charge is 0.415 e. The Morgan fingerprint density at radius 2 is 1.93 bits per heavy atom. The Bertz CT molecular complexity index is 1040. The van der Waals surface area contributed by atoms with Crippen LogP contribution in [0.3, 0.4) is 0 Å². The summed E-state index contributed by atoms with van der Waals surface area (Å²) in [6, 6.07) is 14.0. The molecule has 1 atom stereocenters. The Kier molecular flexibility index (Phi) is 4.87. The van der Waals surface area contributed by atoms with Crippen LogP contribution in [0.4, 0.5) is 14.5 Å². The van der Waals surface area contributed by atoms with Crippen molar-refractivity contribution >= 4 is 11.6 Å². The molecule has 0 saturated carbocycles. The van der Waals surface area contributed by atoms with Gasteiger partial charge in [-0.05, 0) is 42.3 Å². The lowest BCUT2D eigenvalue weighted by Gasteiger charge is -2.40. The molecule has 3 aromatic rings. The van der Waals surface area contributed by atoms with Crippen molar-refractivity contribution in [3.63, 3.8) is 0 Å². The number of halogens is 2. The second-order valence-electron chi connectivity index (χ2n) is 7.49. The van der Waals surface area contributed by atoms with Gasteiger partial charge in [0.2, 0.25) is 5.89 Å². The van der Waals surface area contributed by atoms with Gasteiger partial charge in [0, 0.05) is 28.8 Å². The monoisotopic (exact) mass is 399 g/mol. The van der Waals surface area contributed by atoms with Crippen LogP contribution in [0.15, 0.2) is 52.9 Å². The van der Waals surface area contributed by atoms with E-state index in [4.69, 9.17) is 4.42 Å². The summed E-state index contributed by atoms with van der Waals surface area (Å²) in [6.45, 7) is 2.30. The Labute approximate surface area is 165 Å². The van der Waals surface area contributed by atoms with Crippen LogP contribution < -0.4 is 4.90 Å². The minimum Gasteiger partial charge on any atom is -0.415 e. The molecule has 0 spiro atoms. The third kappa shape index (κ3) is 3.63. The molecule has 1 unspecified atom stereocenters. The van der Waals surface area contributed by atoms with Gasteiger partial charge in [0.25, 0.3) is 11.8 Å². The van der Waals surface area contributed by atoms with Crippen molar-refractivity contribution in [3.8, 4) is 11.5 Å².